The Bertz CT molecular complexity index is 409. The van der Waals surface area contributed by atoms with Crippen LogP contribution < -0.4 is 5.32 Å². The molecule has 0 aromatic heterocycles. The fraction of sp³-hybridized carbons (Fsp3) is 0.308. The van der Waals surface area contributed by atoms with Gasteiger partial charge < -0.3 is 10.1 Å². The van der Waals surface area contributed by atoms with Gasteiger partial charge in [0.15, 0.2) is 0 Å². The van der Waals surface area contributed by atoms with E-state index in [1.165, 1.54) is 0 Å². The van der Waals surface area contributed by atoms with Crippen molar-refractivity contribution in [2.75, 3.05) is 11.9 Å². The molecule has 0 bridgehead atoms. The summed E-state index contributed by atoms with van der Waals surface area (Å²) in [7, 11) is 0. The number of nitrogens with one attached hydrogen (secondary N) is 1. The molecule has 0 unspecified atom stereocenters. The highest BCUT2D eigenvalue weighted by molar-refractivity contribution is 6.04. The number of carbonyl (C=O) groups is 1. The Hall–Kier alpha value is -1.77. The first-order valence-corrected chi connectivity index (χ1v) is 5.46. The van der Waals surface area contributed by atoms with E-state index in [-0.39, 0.29) is 5.91 Å². The third-order valence-electron chi connectivity index (χ3n) is 2.62. The van der Waals surface area contributed by atoms with E-state index in [1.807, 2.05) is 37.3 Å². The van der Waals surface area contributed by atoms with Crippen molar-refractivity contribution in [2.24, 2.45) is 0 Å². The summed E-state index contributed by atoms with van der Waals surface area (Å²) in [6.07, 6.45) is 1.71. The predicted octanol–water partition coefficient (Wildman–Crippen LogP) is 2.71. The van der Waals surface area contributed by atoms with Gasteiger partial charge in [-0.15, -0.1) is 0 Å². The predicted molar refractivity (Wildman–Crippen MR) is 63.0 cm³/mol. The highest BCUT2D eigenvalue weighted by Gasteiger charge is 2.17. The van der Waals surface area contributed by atoms with Gasteiger partial charge in [-0.2, -0.15) is 0 Å². The molecular weight excluding hydrogens is 202 g/mol. The van der Waals surface area contributed by atoms with Crippen LogP contribution in [0.15, 0.2) is 41.7 Å². The van der Waals surface area contributed by atoms with Crippen LogP contribution in [-0.2, 0) is 9.53 Å². The first kappa shape index (κ1) is 10.7. The van der Waals surface area contributed by atoms with Gasteiger partial charge in [0.2, 0.25) is 0 Å². The normalized spacial score (nSPS) is 15.6. The highest BCUT2D eigenvalue weighted by atomic mass is 16.5. The topological polar surface area (TPSA) is 38.3 Å². The van der Waals surface area contributed by atoms with E-state index < -0.39 is 0 Å². The number of ether oxygens (including phenoxy) is 1. The average molecular weight is 217 g/mol. The van der Waals surface area contributed by atoms with Crippen LogP contribution in [0.3, 0.4) is 0 Å². The average Bonchev–Trinajstić information content (AvgIpc) is 2.31. The van der Waals surface area contributed by atoms with Crippen molar-refractivity contribution in [3.05, 3.63) is 41.7 Å². The monoisotopic (exact) mass is 217 g/mol. The minimum absolute atomic E-state index is 0.0524. The van der Waals surface area contributed by atoms with Crippen LogP contribution >= 0.6 is 0 Å². The van der Waals surface area contributed by atoms with Gasteiger partial charge in [0.25, 0.3) is 5.91 Å². The van der Waals surface area contributed by atoms with E-state index >= 15 is 0 Å². The molecule has 0 radical (unpaired) electrons. The lowest BCUT2D eigenvalue weighted by atomic mass is 10.1. The Morgan fingerprint density at radius 1 is 1.31 bits per heavy atom. The van der Waals surface area contributed by atoms with E-state index in [0.29, 0.717) is 6.61 Å². The lowest BCUT2D eigenvalue weighted by molar-refractivity contribution is -0.113. The van der Waals surface area contributed by atoms with Crippen LogP contribution in [0, 0.1) is 0 Å². The fourth-order valence-electron chi connectivity index (χ4n) is 1.74. The lowest BCUT2D eigenvalue weighted by Gasteiger charge is -2.18. The summed E-state index contributed by atoms with van der Waals surface area (Å²) in [4.78, 5) is 11.9. The molecule has 1 heterocycles. The quantitative estimate of drug-likeness (QED) is 0.827. The standard InChI is InChI=1S/C13H15NO2/c1-10-12(8-5-9-16-10)13(15)14-11-6-3-2-4-7-11/h2-4,6-7H,5,8-9H2,1H3,(H,14,15). The van der Waals surface area contributed by atoms with Crippen molar-refractivity contribution >= 4 is 11.6 Å². The van der Waals surface area contributed by atoms with Crippen molar-refractivity contribution in [3.8, 4) is 0 Å². The minimum atomic E-state index is -0.0524. The summed E-state index contributed by atoms with van der Waals surface area (Å²) < 4.78 is 5.37. The number of amides is 1. The van der Waals surface area contributed by atoms with E-state index in [9.17, 15) is 4.79 Å². The summed E-state index contributed by atoms with van der Waals surface area (Å²) >= 11 is 0. The molecule has 1 amide bonds. The van der Waals surface area contributed by atoms with E-state index in [2.05, 4.69) is 5.32 Å². The first-order chi connectivity index (χ1) is 7.77. The zero-order valence-electron chi connectivity index (χ0n) is 9.32. The molecular formula is C13H15NO2. The maximum absolute atomic E-state index is 11.9. The summed E-state index contributed by atoms with van der Waals surface area (Å²) in [6, 6.07) is 9.46. The van der Waals surface area contributed by atoms with Crippen molar-refractivity contribution in [3.63, 3.8) is 0 Å². The van der Waals surface area contributed by atoms with Crippen LogP contribution in [-0.4, -0.2) is 12.5 Å². The molecule has 0 spiro atoms. The molecule has 3 nitrogen and oxygen atoms in total. The SMILES string of the molecule is CC1=C(C(=O)Nc2ccccc2)CCCO1. The lowest BCUT2D eigenvalue weighted by Crippen LogP contribution is -2.19. The number of rotatable bonds is 2. The summed E-state index contributed by atoms with van der Waals surface area (Å²) in [5.74, 6) is 0.697. The Kier molecular flexibility index (Phi) is 3.25. The number of hydrogen-bond acceptors (Lipinski definition) is 2. The molecule has 1 N–H and O–H groups in total. The van der Waals surface area contributed by atoms with Crippen molar-refractivity contribution in [1.29, 1.82) is 0 Å². The summed E-state index contributed by atoms with van der Waals surface area (Å²) in [6.45, 7) is 2.56. The zero-order valence-corrected chi connectivity index (χ0v) is 9.32. The van der Waals surface area contributed by atoms with Gasteiger partial charge in [-0.1, -0.05) is 18.2 Å². The summed E-state index contributed by atoms with van der Waals surface area (Å²) in [5.41, 5.74) is 1.58. The Morgan fingerprint density at radius 3 is 2.75 bits per heavy atom. The number of carbonyl (C=O) groups excluding carboxylic acids is 1. The van der Waals surface area contributed by atoms with Gasteiger partial charge in [0.1, 0.15) is 5.76 Å². The molecule has 1 aromatic rings. The number of anilines is 1. The first-order valence-electron chi connectivity index (χ1n) is 5.46. The molecule has 0 aliphatic carbocycles. The molecule has 3 heteroatoms. The highest BCUT2D eigenvalue weighted by Crippen LogP contribution is 2.20. The molecule has 1 aliphatic heterocycles. The molecule has 0 saturated carbocycles. The molecule has 0 saturated heterocycles. The maximum Gasteiger partial charge on any atom is 0.254 e. The largest absolute Gasteiger partial charge is 0.498 e. The van der Waals surface area contributed by atoms with E-state index in [0.717, 1.165) is 29.9 Å². The molecule has 2 rings (SSSR count). The van der Waals surface area contributed by atoms with Gasteiger partial charge in [-0.05, 0) is 31.9 Å². The van der Waals surface area contributed by atoms with E-state index in [1.54, 1.807) is 0 Å². The molecule has 0 atom stereocenters. The number of para-hydroxylation sites is 1. The van der Waals surface area contributed by atoms with Crippen LogP contribution in [0.4, 0.5) is 5.69 Å². The van der Waals surface area contributed by atoms with Gasteiger partial charge in [-0.25, -0.2) is 0 Å². The van der Waals surface area contributed by atoms with Gasteiger partial charge >= 0.3 is 0 Å². The van der Waals surface area contributed by atoms with Crippen LogP contribution in [0.2, 0.25) is 0 Å². The Balaban J connectivity index is 2.09. The van der Waals surface area contributed by atoms with Gasteiger partial charge in [-0.3, -0.25) is 4.79 Å². The van der Waals surface area contributed by atoms with Crippen molar-refractivity contribution in [1.82, 2.24) is 0 Å². The molecule has 84 valence electrons. The fourth-order valence-corrected chi connectivity index (χ4v) is 1.74. The van der Waals surface area contributed by atoms with Crippen LogP contribution in [0.1, 0.15) is 19.8 Å². The minimum Gasteiger partial charge on any atom is -0.498 e. The zero-order chi connectivity index (χ0) is 11.4. The van der Waals surface area contributed by atoms with Gasteiger partial charge in [0.05, 0.1) is 12.2 Å². The Morgan fingerprint density at radius 2 is 2.06 bits per heavy atom. The Labute approximate surface area is 95.1 Å². The van der Waals surface area contributed by atoms with E-state index in [4.69, 9.17) is 4.74 Å². The maximum atomic E-state index is 11.9. The van der Waals surface area contributed by atoms with Crippen molar-refractivity contribution in [2.45, 2.75) is 19.8 Å². The smallest absolute Gasteiger partial charge is 0.254 e. The molecule has 0 fully saturated rings. The van der Waals surface area contributed by atoms with Crippen LogP contribution in [0.25, 0.3) is 0 Å². The second-order valence-corrected chi connectivity index (χ2v) is 3.81. The second kappa shape index (κ2) is 4.84. The summed E-state index contributed by atoms with van der Waals surface area (Å²) in [5, 5.41) is 2.87. The number of hydrogen-bond donors (Lipinski definition) is 1. The number of benzene rings is 1. The number of allylic oxidation sites excluding steroid dienone is 1. The molecule has 16 heavy (non-hydrogen) atoms. The van der Waals surface area contributed by atoms with Crippen LogP contribution in [0.5, 0.6) is 0 Å². The third kappa shape index (κ3) is 2.42. The van der Waals surface area contributed by atoms with Crippen molar-refractivity contribution < 1.29 is 9.53 Å². The third-order valence-corrected chi connectivity index (χ3v) is 2.62. The molecule has 1 aromatic carbocycles. The van der Waals surface area contributed by atoms with Gasteiger partial charge in [0, 0.05) is 5.69 Å². The second-order valence-electron chi connectivity index (χ2n) is 3.81. The molecule has 1 aliphatic rings.